The molecular weight excluding hydrogens is 262 g/mol. The molecule has 2 aromatic rings. The van der Waals surface area contributed by atoms with Gasteiger partial charge in [0, 0.05) is 42.7 Å². The third-order valence-corrected chi connectivity index (χ3v) is 4.19. The SMILES string of the molecule is CC(CNCc1cn[nH]c1-c1cccnc1)N1CCCC1. The first kappa shape index (κ1) is 14.2. The molecule has 3 rings (SSSR count). The zero-order valence-electron chi connectivity index (χ0n) is 12.5. The van der Waals surface area contributed by atoms with Crippen LogP contribution in [-0.2, 0) is 6.54 Å². The quantitative estimate of drug-likeness (QED) is 0.853. The first-order valence-electron chi connectivity index (χ1n) is 7.72. The van der Waals surface area contributed by atoms with Crippen LogP contribution in [0, 0.1) is 0 Å². The van der Waals surface area contributed by atoms with E-state index in [1.807, 2.05) is 18.5 Å². The molecule has 0 aliphatic carbocycles. The molecule has 5 nitrogen and oxygen atoms in total. The van der Waals surface area contributed by atoms with Crippen LogP contribution in [0.2, 0.25) is 0 Å². The Bertz CT molecular complexity index is 545. The van der Waals surface area contributed by atoms with Crippen LogP contribution in [0.25, 0.3) is 11.3 Å². The second-order valence-corrected chi connectivity index (χ2v) is 5.73. The van der Waals surface area contributed by atoms with Crippen molar-refractivity contribution in [3.05, 3.63) is 36.3 Å². The summed E-state index contributed by atoms with van der Waals surface area (Å²) in [4.78, 5) is 6.73. The second kappa shape index (κ2) is 6.83. The number of rotatable bonds is 6. The summed E-state index contributed by atoms with van der Waals surface area (Å²) < 4.78 is 0. The van der Waals surface area contributed by atoms with Crippen molar-refractivity contribution in [2.45, 2.75) is 32.4 Å². The van der Waals surface area contributed by atoms with Crippen LogP contribution in [0.1, 0.15) is 25.3 Å². The zero-order valence-corrected chi connectivity index (χ0v) is 12.5. The molecule has 21 heavy (non-hydrogen) atoms. The molecule has 1 fully saturated rings. The van der Waals surface area contributed by atoms with Crippen LogP contribution in [0.4, 0.5) is 0 Å². The third kappa shape index (κ3) is 3.49. The highest BCUT2D eigenvalue weighted by Crippen LogP contribution is 2.19. The maximum absolute atomic E-state index is 4.17. The van der Waals surface area contributed by atoms with E-state index in [1.54, 1.807) is 6.20 Å². The number of pyridine rings is 1. The van der Waals surface area contributed by atoms with Crippen LogP contribution < -0.4 is 5.32 Å². The lowest BCUT2D eigenvalue weighted by atomic mass is 10.1. The molecule has 112 valence electrons. The molecular formula is C16H23N5. The van der Waals surface area contributed by atoms with E-state index < -0.39 is 0 Å². The number of hydrogen-bond donors (Lipinski definition) is 2. The largest absolute Gasteiger partial charge is 0.311 e. The van der Waals surface area contributed by atoms with E-state index in [4.69, 9.17) is 0 Å². The first-order valence-corrected chi connectivity index (χ1v) is 7.72. The summed E-state index contributed by atoms with van der Waals surface area (Å²) in [5.74, 6) is 0. The lowest BCUT2D eigenvalue weighted by Gasteiger charge is -2.23. The highest BCUT2D eigenvalue weighted by Gasteiger charge is 2.17. The Balaban J connectivity index is 1.55. The van der Waals surface area contributed by atoms with Gasteiger partial charge < -0.3 is 5.32 Å². The van der Waals surface area contributed by atoms with Gasteiger partial charge in [0.25, 0.3) is 0 Å². The van der Waals surface area contributed by atoms with Crippen molar-refractivity contribution in [1.82, 2.24) is 25.4 Å². The Morgan fingerprint density at radius 2 is 2.19 bits per heavy atom. The van der Waals surface area contributed by atoms with Crippen LogP contribution >= 0.6 is 0 Å². The van der Waals surface area contributed by atoms with Gasteiger partial charge in [0.2, 0.25) is 0 Å². The fraction of sp³-hybridized carbons (Fsp3) is 0.500. The summed E-state index contributed by atoms with van der Waals surface area (Å²) in [5.41, 5.74) is 3.33. The number of aromatic nitrogens is 3. The van der Waals surface area contributed by atoms with E-state index in [1.165, 1.54) is 31.5 Å². The fourth-order valence-electron chi connectivity index (χ4n) is 2.93. The Kier molecular flexibility index (Phi) is 4.62. The van der Waals surface area contributed by atoms with Gasteiger partial charge in [-0.2, -0.15) is 5.10 Å². The predicted molar refractivity (Wildman–Crippen MR) is 83.8 cm³/mol. The van der Waals surface area contributed by atoms with Gasteiger partial charge >= 0.3 is 0 Å². The Morgan fingerprint density at radius 1 is 1.33 bits per heavy atom. The average Bonchev–Trinajstić information content (AvgIpc) is 3.20. The van der Waals surface area contributed by atoms with Crippen molar-refractivity contribution >= 4 is 0 Å². The third-order valence-electron chi connectivity index (χ3n) is 4.19. The van der Waals surface area contributed by atoms with Crippen molar-refractivity contribution in [2.24, 2.45) is 0 Å². The fourth-order valence-corrected chi connectivity index (χ4v) is 2.93. The number of H-pyrrole nitrogens is 1. The Labute approximate surface area is 125 Å². The van der Waals surface area contributed by atoms with Crippen LogP contribution in [0.3, 0.4) is 0 Å². The molecule has 0 aromatic carbocycles. The van der Waals surface area contributed by atoms with Crippen molar-refractivity contribution in [3.63, 3.8) is 0 Å². The molecule has 1 aliphatic rings. The minimum atomic E-state index is 0.598. The van der Waals surface area contributed by atoms with E-state index >= 15 is 0 Å². The van der Waals surface area contributed by atoms with Gasteiger partial charge in [0.05, 0.1) is 11.9 Å². The summed E-state index contributed by atoms with van der Waals surface area (Å²) in [6.45, 7) is 6.64. The highest BCUT2D eigenvalue weighted by molar-refractivity contribution is 5.61. The van der Waals surface area contributed by atoms with Crippen LogP contribution in [0.5, 0.6) is 0 Å². The maximum Gasteiger partial charge on any atom is 0.0710 e. The number of aromatic amines is 1. The second-order valence-electron chi connectivity index (χ2n) is 5.73. The van der Waals surface area contributed by atoms with Gasteiger partial charge in [0.1, 0.15) is 0 Å². The zero-order chi connectivity index (χ0) is 14.5. The summed E-state index contributed by atoms with van der Waals surface area (Å²) in [6.07, 6.45) is 8.24. The van der Waals surface area contributed by atoms with Gasteiger partial charge in [-0.15, -0.1) is 0 Å². The van der Waals surface area contributed by atoms with E-state index in [-0.39, 0.29) is 0 Å². The van der Waals surface area contributed by atoms with Crippen molar-refractivity contribution in [1.29, 1.82) is 0 Å². The lowest BCUT2D eigenvalue weighted by Crippen LogP contribution is -2.38. The minimum Gasteiger partial charge on any atom is -0.311 e. The van der Waals surface area contributed by atoms with E-state index in [0.29, 0.717) is 6.04 Å². The normalized spacial score (nSPS) is 17.2. The van der Waals surface area contributed by atoms with Gasteiger partial charge in [0.15, 0.2) is 0 Å². The maximum atomic E-state index is 4.17. The topological polar surface area (TPSA) is 56.8 Å². The molecule has 1 saturated heterocycles. The number of hydrogen-bond acceptors (Lipinski definition) is 4. The molecule has 0 amide bonds. The smallest absolute Gasteiger partial charge is 0.0710 e. The summed E-state index contributed by atoms with van der Waals surface area (Å²) in [6, 6.07) is 4.60. The number of likely N-dealkylation sites (tertiary alicyclic amines) is 1. The van der Waals surface area contributed by atoms with E-state index in [9.17, 15) is 0 Å². The van der Waals surface area contributed by atoms with E-state index in [0.717, 1.165) is 24.3 Å². The molecule has 3 heterocycles. The molecule has 1 atom stereocenters. The summed E-state index contributed by atoms with van der Waals surface area (Å²) in [5, 5.41) is 10.8. The van der Waals surface area contributed by atoms with Gasteiger partial charge in [-0.1, -0.05) is 0 Å². The van der Waals surface area contributed by atoms with Crippen molar-refractivity contribution in [3.8, 4) is 11.3 Å². The van der Waals surface area contributed by atoms with E-state index in [2.05, 4.69) is 38.4 Å². The highest BCUT2D eigenvalue weighted by atomic mass is 15.2. The number of nitrogens with one attached hydrogen (secondary N) is 2. The molecule has 0 saturated carbocycles. The monoisotopic (exact) mass is 285 g/mol. The molecule has 1 unspecified atom stereocenters. The summed E-state index contributed by atoms with van der Waals surface area (Å²) in [7, 11) is 0. The molecule has 2 aromatic heterocycles. The standard InChI is InChI=1S/C16H23N5/c1-13(21-7-2-3-8-21)9-18-11-15-12-19-20-16(15)14-5-4-6-17-10-14/h4-6,10,12-13,18H,2-3,7-9,11H2,1H3,(H,19,20). The minimum absolute atomic E-state index is 0.598. The molecule has 1 aliphatic heterocycles. The molecule has 2 N–H and O–H groups in total. The summed E-state index contributed by atoms with van der Waals surface area (Å²) >= 11 is 0. The predicted octanol–water partition coefficient (Wildman–Crippen LogP) is 2.05. The van der Waals surface area contributed by atoms with Gasteiger partial charge in [-0.25, -0.2) is 0 Å². The Hall–Kier alpha value is -1.72. The average molecular weight is 285 g/mol. The van der Waals surface area contributed by atoms with Crippen molar-refractivity contribution in [2.75, 3.05) is 19.6 Å². The van der Waals surface area contributed by atoms with Crippen LogP contribution in [0.15, 0.2) is 30.7 Å². The number of nitrogens with zero attached hydrogens (tertiary/aromatic N) is 3. The van der Waals surface area contributed by atoms with Gasteiger partial charge in [-0.05, 0) is 45.0 Å². The Morgan fingerprint density at radius 3 is 2.95 bits per heavy atom. The van der Waals surface area contributed by atoms with Crippen LogP contribution in [-0.4, -0.2) is 45.8 Å². The molecule has 5 heteroatoms. The first-order chi connectivity index (χ1) is 10.3. The van der Waals surface area contributed by atoms with Crippen molar-refractivity contribution < 1.29 is 0 Å². The van der Waals surface area contributed by atoms with Gasteiger partial charge in [-0.3, -0.25) is 15.0 Å². The lowest BCUT2D eigenvalue weighted by molar-refractivity contribution is 0.251. The molecule has 0 radical (unpaired) electrons. The molecule has 0 bridgehead atoms. The molecule has 0 spiro atoms.